The van der Waals surface area contributed by atoms with Gasteiger partial charge in [0.2, 0.25) is 10.0 Å². The topological polar surface area (TPSA) is 146 Å². The molecule has 1 fully saturated rings. The Bertz CT molecular complexity index is 562. The van der Waals surface area contributed by atoms with Gasteiger partial charge in [-0.3, -0.25) is 9.59 Å². The van der Waals surface area contributed by atoms with Crippen molar-refractivity contribution in [3.05, 3.63) is 0 Å². The number of rotatable bonds is 6. The van der Waals surface area contributed by atoms with E-state index in [1.807, 2.05) is 0 Å². The normalized spacial score (nSPS) is 22.5. The number of sulfonamides is 1. The van der Waals surface area contributed by atoms with Gasteiger partial charge in [0.1, 0.15) is 13.1 Å². The molecule has 1 heterocycles. The molecule has 1 rings (SSSR count). The first-order chi connectivity index (χ1) is 8.54. The molecule has 110 valence electrons. The Morgan fingerprint density at radius 3 is 1.95 bits per heavy atom. The number of sulfone groups is 1. The monoisotopic (exact) mass is 315 g/mol. The Labute approximate surface area is 109 Å². The van der Waals surface area contributed by atoms with Crippen molar-refractivity contribution in [2.45, 2.75) is 11.7 Å². The standard InChI is InChI=1S/C8H13NO8S2/c10-7(11)3-9(4-8(12)13)19(16,17)6-1-2-18(14,15)5-6/h6H,1-5H2,(H,10,11)(H,12,13). The van der Waals surface area contributed by atoms with Crippen molar-refractivity contribution in [3.63, 3.8) is 0 Å². The van der Waals surface area contributed by atoms with E-state index in [9.17, 15) is 26.4 Å². The summed E-state index contributed by atoms with van der Waals surface area (Å²) < 4.78 is 46.8. The fraction of sp³-hybridized carbons (Fsp3) is 0.750. The summed E-state index contributed by atoms with van der Waals surface area (Å²) in [7, 11) is -7.74. The van der Waals surface area contributed by atoms with Crippen LogP contribution in [0.4, 0.5) is 0 Å². The zero-order valence-electron chi connectivity index (χ0n) is 9.72. The van der Waals surface area contributed by atoms with Crippen molar-refractivity contribution < 1.29 is 36.6 Å². The molecule has 2 N–H and O–H groups in total. The van der Waals surface area contributed by atoms with Crippen LogP contribution in [0, 0.1) is 0 Å². The van der Waals surface area contributed by atoms with Gasteiger partial charge in [-0.2, -0.15) is 4.31 Å². The van der Waals surface area contributed by atoms with Crippen LogP contribution in [0.1, 0.15) is 6.42 Å². The Hall–Kier alpha value is -1.20. The van der Waals surface area contributed by atoms with E-state index < -0.39 is 55.9 Å². The molecule has 0 bridgehead atoms. The molecule has 0 amide bonds. The number of hydrogen-bond donors (Lipinski definition) is 2. The van der Waals surface area contributed by atoms with Crippen LogP contribution in [0.25, 0.3) is 0 Å². The summed E-state index contributed by atoms with van der Waals surface area (Å²) in [6, 6.07) is 0. The van der Waals surface area contributed by atoms with Gasteiger partial charge in [0.15, 0.2) is 9.84 Å². The van der Waals surface area contributed by atoms with Gasteiger partial charge < -0.3 is 10.2 Å². The Kier molecular flexibility index (Phi) is 4.53. The third kappa shape index (κ3) is 4.14. The van der Waals surface area contributed by atoms with Gasteiger partial charge >= 0.3 is 11.9 Å². The zero-order chi connectivity index (χ0) is 14.8. The van der Waals surface area contributed by atoms with Gasteiger partial charge in [0, 0.05) is 0 Å². The van der Waals surface area contributed by atoms with Gasteiger partial charge in [-0.15, -0.1) is 0 Å². The molecule has 11 heteroatoms. The minimum absolute atomic E-state index is 0.152. The largest absolute Gasteiger partial charge is 0.480 e. The summed E-state index contributed by atoms with van der Waals surface area (Å²) in [5.74, 6) is -3.92. The number of carboxylic acids is 2. The lowest BCUT2D eigenvalue weighted by atomic mass is 10.4. The third-order valence-electron chi connectivity index (χ3n) is 2.60. The van der Waals surface area contributed by atoms with E-state index in [-0.39, 0.29) is 16.5 Å². The summed E-state index contributed by atoms with van der Waals surface area (Å²) in [4.78, 5) is 21.1. The molecular weight excluding hydrogens is 302 g/mol. The first-order valence-electron chi connectivity index (χ1n) is 5.17. The maximum Gasteiger partial charge on any atom is 0.318 e. The summed E-state index contributed by atoms with van der Waals surface area (Å²) in [6.45, 7) is -2.02. The van der Waals surface area contributed by atoms with E-state index in [1.165, 1.54) is 0 Å². The molecule has 1 aliphatic rings. The maximum absolute atomic E-state index is 12.0. The number of nitrogens with zero attached hydrogens (tertiary/aromatic N) is 1. The minimum atomic E-state index is -4.27. The molecule has 1 aliphatic heterocycles. The Balaban J connectivity index is 2.99. The lowest BCUT2D eigenvalue weighted by Crippen LogP contribution is -2.44. The van der Waals surface area contributed by atoms with E-state index in [2.05, 4.69) is 0 Å². The van der Waals surface area contributed by atoms with Gasteiger partial charge in [0.25, 0.3) is 0 Å². The lowest BCUT2D eigenvalue weighted by Gasteiger charge is -2.21. The van der Waals surface area contributed by atoms with Crippen LogP contribution in [-0.4, -0.2) is 73.1 Å². The molecule has 1 saturated heterocycles. The average molecular weight is 315 g/mol. The molecule has 9 nitrogen and oxygen atoms in total. The maximum atomic E-state index is 12.0. The predicted molar refractivity (Wildman–Crippen MR) is 62.8 cm³/mol. The number of aliphatic carboxylic acids is 2. The number of hydrogen-bond acceptors (Lipinski definition) is 6. The molecule has 0 aromatic heterocycles. The van der Waals surface area contributed by atoms with Gasteiger partial charge in [-0.1, -0.05) is 0 Å². The molecule has 0 saturated carbocycles. The van der Waals surface area contributed by atoms with Crippen molar-refractivity contribution >= 4 is 31.8 Å². The molecule has 0 spiro atoms. The second kappa shape index (κ2) is 5.43. The highest BCUT2D eigenvalue weighted by molar-refractivity contribution is 7.95. The molecule has 0 aromatic carbocycles. The smallest absolute Gasteiger partial charge is 0.318 e. The summed E-state index contributed by atoms with van der Waals surface area (Å²) in [5, 5.41) is 15.9. The van der Waals surface area contributed by atoms with E-state index in [0.717, 1.165) is 0 Å². The second-order valence-electron chi connectivity index (χ2n) is 4.13. The average Bonchev–Trinajstić information content (AvgIpc) is 2.57. The lowest BCUT2D eigenvalue weighted by molar-refractivity contribution is -0.139. The first-order valence-corrected chi connectivity index (χ1v) is 8.50. The quantitative estimate of drug-likeness (QED) is 0.570. The fourth-order valence-corrected chi connectivity index (χ4v) is 6.16. The van der Waals surface area contributed by atoms with Crippen LogP contribution in [0.5, 0.6) is 0 Å². The molecule has 1 unspecified atom stereocenters. The van der Waals surface area contributed by atoms with Crippen molar-refractivity contribution in [3.8, 4) is 0 Å². The summed E-state index contributed by atoms with van der Waals surface area (Å²) in [6.07, 6.45) is -0.152. The highest BCUT2D eigenvalue weighted by Crippen LogP contribution is 2.22. The predicted octanol–water partition coefficient (Wildman–Crippen LogP) is -2.03. The van der Waals surface area contributed by atoms with Crippen LogP contribution < -0.4 is 0 Å². The summed E-state index contributed by atoms with van der Waals surface area (Å²) >= 11 is 0. The molecule has 0 aliphatic carbocycles. The third-order valence-corrected chi connectivity index (χ3v) is 6.80. The van der Waals surface area contributed by atoms with E-state index in [1.54, 1.807) is 0 Å². The van der Waals surface area contributed by atoms with E-state index in [0.29, 0.717) is 0 Å². The molecule has 19 heavy (non-hydrogen) atoms. The highest BCUT2D eigenvalue weighted by Gasteiger charge is 2.41. The van der Waals surface area contributed by atoms with E-state index >= 15 is 0 Å². The number of carbonyl (C=O) groups is 2. The van der Waals surface area contributed by atoms with Gasteiger partial charge in [-0.25, -0.2) is 16.8 Å². The minimum Gasteiger partial charge on any atom is -0.480 e. The number of carboxylic acid groups (broad SMARTS) is 2. The van der Waals surface area contributed by atoms with Crippen molar-refractivity contribution in [2.75, 3.05) is 24.6 Å². The summed E-state index contributed by atoms with van der Waals surface area (Å²) in [5.41, 5.74) is 0. The Morgan fingerprint density at radius 1 is 1.16 bits per heavy atom. The Morgan fingerprint density at radius 2 is 1.63 bits per heavy atom. The fourth-order valence-electron chi connectivity index (χ4n) is 1.74. The zero-order valence-corrected chi connectivity index (χ0v) is 11.4. The van der Waals surface area contributed by atoms with Crippen molar-refractivity contribution in [1.82, 2.24) is 4.31 Å². The van der Waals surface area contributed by atoms with Gasteiger partial charge in [0.05, 0.1) is 16.8 Å². The van der Waals surface area contributed by atoms with Gasteiger partial charge in [-0.05, 0) is 6.42 Å². The molecule has 1 atom stereocenters. The van der Waals surface area contributed by atoms with E-state index in [4.69, 9.17) is 10.2 Å². The molecule has 0 aromatic rings. The van der Waals surface area contributed by atoms with Crippen molar-refractivity contribution in [2.24, 2.45) is 0 Å². The van der Waals surface area contributed by atoms with Crippen LogP contribution in [-0.2, 0) is 29.4 Å². The second-order valence-corrected chi connectivity index (χ2v) is 8.57. The van der Waals surface area contributed by atoms with Crippen LogP contribution in [0.3, 0.4) is 0 Å². The highest BCUT2D eigenvalue weighted by atomic mass is 32.2. The van der Waals surface area contributed by atoms with Crippen molar-refractivity contribution in [1.29, 1.82) is 0 Å². The van der Waals surface area contributed by atoms with Crippen LogP contribution in [0.15, 0.2) is 0 Å². The SMILES string of the molecule is O=C(O)CN(CC(=O)O)S(=O)(=O)C1CCS(=O)(=O)C1. The molecular formula is C8H13NO8S2. The first kappa shape index (κ1) is 15.9. The van der Waals surface area contributed by atoms with Crippen LogP contribution in [0.2, 0.25) is 0 Å². The van der Waals surface area contributed by atoms with Crippen LogP contribution >= 0.6 is 0 Å². The molecule has 0 radical (unpaired) electrons.